The van der Waals surface area contributed by atoms with Crippen molar-refractivity contribution >= 4 is 11.9 Å². The number of aliphatic hydroxyl groups excluding tert-OH is 1. The Morgan fingerprint density at radius 3 is 1.95 bits per heavy atom. The fourth-order valence-electron chi connectivity index (χ4n) is 1.60. The van der Waals surface area contributed by atoms with Gasteiger partial charge < -0.3 is 20.4 Å². The Balaban J connectivity index is 0.000000220. The monoisotopic (exact) mass is 304 g/mol. The van der Waals surface area contributed by atoms with E-state index in [4.69, 9.17) is 20.4 Å². The lowest BCUT2D eigenvalue weighted by Crippen LogP contribution is -2.09. The SMILES string of the molecule is O=C(O)C(O)c1ccccc1.O=C(O)Cc1ccccc1O. The van der Waals surface area contributed by atoms with Crippen molar-refractivity contribution in [3.63, 3.8) is 0 Å². The quantitative estimate of drug-likeness (QED) is 0.685. The highest BCUT2D eigenvalue weighted by Crippen LogP contribution is 2.15. The van der Waals surface area contributed by atoms with Crippen LogP contribution in [0.5, 0.6) is 5.75 Å². The number of hydrogen-bond acceptors (Lipinski definition) is 4. The van der Waals surface area contributed by atoms with Crippen molar-refractivity contribution in [1.29, 1.82) is 0 Å². The first-order valence-corrected chi connectivity index (χ1v) is 6.36. The largest absolute Gasteiger partial charge is 0.508 e. The fourth-order valence-corrected chi connectivity index (χ4v) is 1.60. The molecule has 0 spiro atoms. The Kier molecular flexibility index (Phi) is 6.59. The van der Waals surface area contributed by atoms with Crippen LogP contribution >= 0.6 is 0 Å². The van der Waals surface area contributed by atoms with Crippen molar-refractivity contribution in [3.8, 4) is 5.75 Å². The molecule has 0 aliphatic carbocycles. The number of aliphatic hydroxyl groups is 1. The first kappa shape index (κ1) is 17.2. The number of aromatic hydroxyl groups is 1. The van der Waals surface area contributed by atoms with E-state index in [1.807, 2.05) is 0 Å². The van der Waals surface area contributed by atoms with E-state index in [0.717, 1.165) is 0 Å². The summed E-state index contributed by atoms with van der Waals surface area (Å²) in [5, 5.41) is 34.9. The summed E-state index contributed by atoms with van der Waals surface area (Å²) in [5.74, 6) is -2.13. The van der Waals surface area contributed by atoms with Crippen LogP contribution in [-0.4, -0.2) is 32.4 Å². The number of carbonyl (C=O) groups is 2. The molecule has 116 valence electrons. The van der Waals surface area contributed by atoms with Crippen molar-refractivity contribution in [2.75, 3.05) is 0 Å². The molecule has 0 bridgehead atoms. The van der Waals surface area contributed by atoms with Gasteiger partial charge >= 0.3 is 11.9 Å². The van der Waals surface area contributed by atoms with Gasteiger partial charge in [0.2, 0.25) is 0 Å². The van der Waals surface area contributed by atoms with E-state index < -0.39 is 18.0 Å². The Labute approximate surface area is 126 Å². The first-order chi connectivity index (χ1) is 10.4. The number of phenolic OH excluding ortho intramolecular Hbond substituents is 1. The fraction of sp³-hybridized carbons (Fsp3) is 0.125. The summed E-state index contributed by atoms with van der Waals surface area (Å²) >= 11 is 0. The van der Waals surface area contributed by atoms with Gasteiger partial charge in [-0.25, -0.2) is 4.79 Å². The van der Waals surface area contributed by atoms with E-state index in [0.29, 0.717) is 11.1 Å². The minimum Gasteiger partial charge on any atom is -0.508 e. The van der Waals surface area contributed by atoms with E-state index in [2.05, 4.69) is 0 Å². The highest BCUT2D eigenvalue weighted by molar-refractivity contribution is 5.73. The Bertz CT molecular complexity index is 624. The molecule has 2 rings (SSSR count). The van der Waals surface area contributed by atoms with Gasteiger partial charge in [-0.2, -0.15) is 0 Å². The standard InChI is InChI=1S/2C8H8O3/c9-7-4-2-1-3-6(7)5-8(10)11;9-7(8(10)11)6-4-2-1-3-5-6/h1-4,9H,5H2,(H,10,11);1-5,7,9H,(H,10,11). The summed E-state index contributed by atoms with van der Waals surface area (Å²) in [6.07, 6.45) is -1.54. The molecule has 1 atom stereocenters. The molecule has 1 unspecified atom stereocenters. The molecule has 0 saturated heterocycles. The number of rotatable bonds is 4. The number of carboxylic acid groups (broad SMARTS) is 2. The maximum absolute atomic E-state index is 10.2. The van der Waals surface area contributed by atoms with Crippen molar-refractivity contribution < 1.29 is 30.0 Å². The van der Waals surface area contributed by atoms with Crippen LogP contribution in [0.3, 0.4) is 0 Å². The van der Waals surface area contributed by atoms with Crippen molar-refractivity contribution in [2.45, 2.75) is 12.5 Å². The first-order valence-electron chi connectivity index (χ1n) is 6.36. The average molecular weight is 304 g/mol. The Hall–Kier alpha value is -2.86. The van der Waals surface area contributed by atoms with Crippen molar-refractivity contribution in [3.05, 3.63) is 65.7 Å². The van der Waals surface area contributed by atoms with Crippen molar-refractivity contribution in [1.82, 2.24) is 0 Å². The molecular formula is C16H16O6. The smallest absolute Gasteiger partial charge is 0.337 e. The average Bonchev–Trinajstić information content (AvgIpc) is 2.50. The second kappa shape index (κ2) is 8.43. The number of aliphatic carboxylic acids is 2. The number of phenols is 1. The molecule has 0 aliphatic heterocycles. The molecule has 2 aromatic carbocycles. The lowest BCUT2D eigenvalue weighted by molar-refractivity contribution is -0.147. The van der Waals surface area contributed by atoms with Gasteiger partial charge in [-0.3, -0.25) is 4.79 Å². The van der Waals surface area contributed by atoms with Gasteiger partial charge in [-0.05, 0) is 11.6 Å². The number of hydrogen-bond donors (Lipinski definition) is 4. The summed E-state index contributed by atoms with van der Waals surface area (Å²) in [6.45, 7) is 0. The number of para-hydroxylation sites is 1. The van der Waals surface area contributed by atoms with Crippen LogP contribution in [0.15, 0.2) is 54.6 Å². The predicted molar refractivity (Wildman–Crippen MR) is 78.5 cm³/mol. The summed E-state index contributed by atoms with van der Waals surface area (Å²) in [4.78, 5) is 20.5. The lowest BCUT2D eigenvalue weighted by atomic mass is 10.1. The molecule has 0 aliphatic rings. The second-order valence-electron chi connectivity index (χ2n) is 4.35. The highest BCUT2D eigenvalue weighted by atomic mass is 16.4. The van der Waals surface area contributed by atoms with Gasteiger partial charge in [-0.1, -0.05) is 48.5 Å². The van der Waals surface area contributed by atoms with Gasteiger partial charge in [0, 0.05) is 5.56 Å². The summed E-state index contributed by atoms with van der Waals surface area (Å²) in [6, 6.07) is 14.7. The van der Waals surface area contributed by atoms with E-state index >= 15 is 0 Å². The minimum absolute atomic E-state index is 0.0369. The van der Waals surface area contributed by atoms with Gasteiger partial charge in [0.05, 0.1) is 6.42 Å². The van der Waals surface area contributed by atoms with Crippen LogP contribution in [0.25, 0.3) is 0 Å². The van der Waals surface area contributed by atoms with Crippen LogP contribution < -0.4 is 0 Å². The lowest BCUT2D eigenvalue weighted by Gasteiger charge is -2.03. The Morgan fingerprint density at radius 1 is 0.909 bits per heavy atom. The molecule has 0 radical (unpaired) electrons. The van der Waals surface area contributed by atoms with Crippen LogP contribution in [-0.2, 0) is 16.0 Å². The number of benzene rings is 2. The molecule has 0 fully saturated rings. The van der Waals surface area contributed by atoms with Crippen LogP contribution in [0.1, 0.15) is 17.2 Å². The third-order valence-corrected chi connectivity index (χ3v) is 2.68. The minimum atomic E-state index is -1.41. The van der Waals surface area contributed by atoms with Gasteiger partial charge in [0.1, 0.15) is 5.75 Å². The molecule has 6 nitrogen and oxygen atoms in total. The predicted octanol–water partition coefficient (Wildman–Crippen LogP) is 1.82. The van der Waals surface area contributed by atoms with E-state index in [1.165, 1.54) is 6.07 Å². The van der Waals surface area contributed by atoms with E-state index in [-0.39, 0.29) is 12.2 Å². The van der Waals surface area contributed by atoms with E-state index in [1.54, 1.807) is 48.5 Å². The summed E-state index contributed by atoms with van der Waals surface area (Å²) in [5.41, 5.74) is 0.847. The molecule has 0 aromatic heterocycles. The maximum Gasteiger partial charge on any atom is 0.337 e. The van der Waals surface area contributed by atoms with Crippen LogP contribution in [0.2, 0.25) is 0 Å². The highest BCUT2D eigenvalue weighted by Gasteiger charge is 2.14. The molecule has 0 heterocycles. The molecule has 2 aromatic rings. The third kappa shape index (κ3) is 5.64. The third-order valence-electron chi connectivity index (χ3n) is 2.68. The van der Waals surface area contributed by atoms with Gasteiger partial charge in [0.15, 0.2) is 6.10 Å². The molecule has 0 saturated carbocycles. The molecule has 4 N–H and O–H groups in total. The zero-order valence-electron chi connectivity index (χ0n) is 11.6. The van der Waals surface area contributed by atoms with Crippen molar-refractivity contribution in [2.24, 2.45) is 0 Å². The zero-order chi connectivity index (χ0) is 16.5. The summed E-state index contributed by atoms with van der Waals surface area (Å²) in [7, 11) is 0. The molecule has 22 heavy (non-hydrogen) atoms. The molecule has 0 amide bonds. The second-order valence-corrected chi connectivity index (χ2v) is 4.35. The molecular weight excluding hydrogens is 288 g/mol. The topological polar surface area (TPSA) is 115 Å². The summed E-state index contributed by atoms with van der Waals surface area (Å²) < 4.78 is 0. The number of carboxylic acids is 2. The van der Waals surface area contributed by atoms with Crippen LogP contribution in [0.4, 0.5) is 0 Å². The Morgan fingerprint density at radius 2 is 1.45 bits per heavy atom. The zero-order valence-corrected chi connectivity index (χ0v) is 11.6. The molecule has 6 heteroatoms. The van der Waals surface area contributed by atoms with Gasteiger partial charge in [-0.15, -0.1) is 0 Å². The normalized spacial score (nSPS) is 11.0. The van der Waals surface area contributed by atoms with Crippen LogP contribution in [0, 0.1) is 0 Å². The maximum atomic E-state index is 10.2. The van der Waals surface area contributed by atoms with Gasteiger partial charge in [0.25, 0.3) is 0 Å². The van der Waals surface area contributed by atoms with E-state index in [9.17, 15) is 9.59 Å².